The molecule has 0 bridgehead atoms. The molecule has 1 aromatic rings. The van der Waals surface area contributed by atoms with E-state index in [0.29, 0.717) is 12.0 Å². The van der Waals surface area contributed by atoms with Crippen LogP contribution in [0.3, 0.4) is 0 Å². The lowest BCUT2D eigenvalue weighted by molar-refractivity contribution is 0.167. The van der Waals surface area contributed by atoms with Gasteiger partial charge in [-0.1, -0.05) is 6.07 Å². The zero-order valence-electron chi connectivity index (χ0n) is 10.6. The molecule has 2 heterocycles. The molecule has 1 aliphatic heterocycles. The summed E-state index contributed by atoms with van der Waals surface area (Å²) in [6, 6.07) is 5.04. The molecule has 0 aromatic carbocycles. The van der Waals surface area contributed by atoms with Crippen LogP contribution in [0.1, 0.15) is 43.9 Å². The number of hydrogen-bond acceptors (Lipinski definition) is 2. The third-order valence-electron chi connectivity index (χ3n) is 3.59. The minimum Gasteiger partial charge on any atom is -0.300 e. The highest BCUT2D eigenvalue weighted by atomic mass is 15.2. The Hall–Kier alpha value is -0.890. The third kappa shape index (κ3) is 2.62. The standard InChI is InChI=1S/C14H22N2/c1-11(2)16-8-4-5-14(10-16)13-7-6-12(3)15-9-13/h6-7,9,11,14H,4-5,8,10H2,1-3H3. The fourth-order valence-corrected chi connectivity index (χ4v) is 2.47. The molecule has 1 saturated heterocycles. The van der Waals surface area contributed by atoms with Crippen LogP contribution in [0.25, 0.3) is 0 Å². The number of piperidine rings is 1. The van der Waals surface area contributed by atoms with Gasteiger partial charge in [-0.15, -0.1) is 0 Å². The summed E-state index contributed by atoms with van der Waals surface area (Å²) in [6.07, 6.45) is 4.69. The Morgan fingerprint density at radius 3 is 2.81 bits per heavy atom. The van der Waals surface area contributed by atoms with Gasteiger partial charge in [0.25, 0.3) is 0 Å². The molecule has 0 N–H and O–H groups in total. The second-order valence-electron chi connectivity index (χ2n) is 5.16. The molecule has 0 radical (unpaired) electrons. The highest BCUT2D eigenvalue weighted by molar-refractivity contribution is 5.18. The van der Waals surface area contributed by atoms with Gasteiger partial charge in [0.15, 0.2) is 0 Å². The highest BCUT2D eigenvalue weighted by Crippen LogP contribution is 2.27. The van der Waals surface area contributed by atoms with E-state index in [9.17, 15) is 0 Å². The Morgan fingerprint density at radius 1 is 1.38 bits per heavy atom. The molecule has 88 valence electrons. The van der Waals surface area contributed by atoms with Gasteiger partial charge in [0.05, 0.1) is 0 Å². The van der Waals surface area contributed by atoms with Gasteiger partial charge >= 0.3 is 0 Å². The first-order chi connectivity index (χ1) is 7.66. The maximum atomic E-state index is 4.41. The van der Waals surface area contributed by atoms with Crippen molar-refractivity contribution < 1.29 is 0 Å². The average molecular weight is 218 g/mol. The van der Waals surface area contributed by atoms with Crippen LogP contribution in [0.5, 0.6) is 0 Å². The van der Waals surface area contributed by atoms with Crippen molar-refractivity contribution in [3.05, 3.63) is 29.6 Å². The molecule has 0 spiro atoms. The van der Waals surface area contributed by atoms with Gasteiger partial charge < -0.3 is 4.90 Å². The number of nitrogens with zero attached hydrogens (tertiary/aromatic N) is 2. The van der Waals surface area contributed by atoms with E-state index in [2.05, 4.69) is 42.1 Å². The number of rotatable bonds is 2. The molecule has 2 nitrogen and oxygen atoms in total. The van der Waals surface area contributed by atoms with Gasteiger partial charge in [-0.05, 0) is 57.7 Å². The Labute approximate surface area is 98.7 Å². The predicted octanol–water partition coefficient (Wildman–Crippen LogP) is 2.98. The summed E-state index contributed by atoms with van der Waals surface area (Å²) in [5.74, 6) is 0.684. The monoisotopic (exact) mass is 218 g/mol. The highest BCUT2D eigenvalue weighted by Gasteiger charge is 2.22. The quantitative estimate of drug-likeness (QED) is 0.758. The molecule has 2 rings (SSSR count). The third-order valence-corrected chi connectivity index (χ3v) is 3.59. The molecular weight excluding hydrogens is 196 g/mol. The van der Waals surface area contributed by atoms with Gasteiger partial charge in [-0.2, -0.15) is 0 Å². The van der Waals surface area contributed by atoms with Crippen LogP contribution >= 0.6 is 0 Å². The topological polar surface area (TPSA) is 16.1 Å². The summed E-state index contributed by atoms with van der Waals surface area (Å²) in [7, 11) is 0. The molecule has 0 amide bonds. The molecule has 2 heteroatoms. The molecule has 1 unspecified atom stereocenters. The van der Waals surface area contributed by atoms with Gasteiger partial charge in [-0.3, -0.25) is 4.98 Å². The summed E-state index contributed by atoms with van der Waals surface area (Å²) in [4.78, 5) is 6.98. The van der Waals surface area contributed by atoms with E-state index in [4.69, 9.17) is 0 Å². The number of likely N-dealkylation sites (tertiary alicyclic amines) is 1. The lowest BCUT2D eigenvalue weighted by Gasteiger charge is -2.35. The van der Waals surface area contributed by atoms with Crippen molar-refractivity contribution in [3.63, 3.8) is 0 Å². The maximum absolute atomic E-state index is 4.41. The van der Waals surface area contributed by atoms with Gasteiger partial charge in [0.2, 0.25) is 0 Å². The Kier molecular flexibility index (Phi) is 3.59. The molecule has 1 aromatic heterocycles. The lowest BCUT2D eigenvalue weighted by atomic mass is 9.91. The average Bonchev–Trinajstić information content (AvgIpc) is 2.30. The molecule has 1 fully saturated rings. The van der Waals surface area contributed by atoms with Crippen molar-refractivity contribution in [1.82, 2.24) is 9.88 Å². The van der Waals surface area contributed by atoms with Crippen molar-refractivity contribution in [2.75, 3.05) is 13.1 Å². The maximum Gasteiger partial charge on any atom is 0.0372 e. The van der Waals surface area contributed by atoms with Gasteiger partial charge in [0.1, 0.15) is 0 Å². The molecule has 16 heavy (non-hydrogen) atoms. The zero-order chi connectivity index (χ0) is 11.5. The summed E-state index contributed by atoms with van der Waals surface area (Å²) in [5, 5.41) is 0. The number of aromatic nitrogens is 1. The van der Waals surface area contributed by atoms with E-state index in [0.717, 1.165) is 5.69 Å². The van der Waals surface area contributed by atoms with Crippen molar-refractivity contribution in [2.45, 2.75) is 45.6 Å². The number of pyridine rings is 1. The van der Waals surface area contributed by atoms with Crippen molar-refractivity contribution in [3.8, 4) is 0 Å². The fourth-order valence-electron chi connectivity index (χ4n) is 2.47. The zero-order valence-corrected chi connectivity index (χ0v) is 10.6. The molecular formula is C14H22N2. The van der Waals surface area contributed by atoms with E-state index in [1.165, 1.54) is 31.5 Å². The molecule has 0 aliphatic carbocycles. The minimum absolute atomic E-state index is 0.668. The summed E-state index contributed by atoms with van der Waals surface area (Å²) in [6.45, 7) is 9.08. The van der Waals surface area contributed by atoms with Crippen LogP contribution < -0.4 is 0 Å². The molecule has 0 saturated carbocycles. The van der Waals surface area contributed by atoms with Crippen LogP contribution in [-0.2, 0) is 0 Å². The summed E-state index contributed by atoms with van der Waals surface area (Å²) >= 11 is 0. The first-order valence-corrected chi connectivity index (χ1v) is 6.33. The minimum atomic E-state index is 0.668. The summed E-state index contributed by atoms with van der Waals surface area (Å²) in [5.41, 5.74) is 2.52. The van der Waals surface area contributed by atoms with E-state index in [1.54, 1.807) is 0 Å². The van der Waals surface area contributed by atoms with Crippen LogP contribution in [0.4, 0.5) is 0 Å². The Morgan fingerprint density at radius 2 is 2.19 bits per heavy atom. The SMILES string of the molecule is Cc1ccc(C2CCCN(C(C)C)C2)cn1. The van der Waals surface area contributed by atoms with E-state index >= 15 is 0 Å². The molecule has 1 aliphatic rings. The van der Waals surface area contributed by atoms with Crippen molar-refractivity contribution >= 4 is 0 Å². The largest absolute Gasteiger partial charge is 0.300 e. The van der Waals surface area contributed by atoms with Gasteiger partial charge in [0, 0.05) is 24.5 Å². The second-order valence-corrected chi connectivity index (χ2v) is 5.16. The summed E-state index contributed by atoms with van der Waals surface area (Å²) < 4.78 is 0. The lowest BCUT2D eigenvalue weighted by Crippen LogP contribution is -2.39. The first-order valence-electron chi connectivity index (χ1n) is 6.33. The van der Waals surface area contributed by atoms with Crippen molar-refractivity contribution in [2.24, 2.45) is 0 Å². The Bertz CT molecular complexity index is 329. The van der Waals surface area contributed by atoms with E-state index in [1.807, 2.05) is 6.92 Å². The molecule has 1 atom stereocenters. The van der Waals surface area contributed by atoms with Crippen LogP contribution in [-0.4, -0.2) is 29.0 Å². The van der Waals surface area contributed by atoms with E-state index in [-0.39, 0.29) is 0 Å². The number of hydrogen-bond donors (Lipinski definition) is 0. The van der Waals surface area contributed by atoms with Crippen molar-refractivity contribution in [1.29, 1.82) is 0 Å². The smallest absolute Gasteiger partial charge is 0.0372 e. The normalized spacial score (nSPS) is 22.6. The van der Waals surface area contributed by atoms with Crippen LogP contribution in [0.15, 0.2) is 18.3 Å². The van der Waals surface area contributed by atoms with Gasteiger partial charge in [-0.25, -0.2) is 0 Å². The number of aryl methyl sites for hydroxylation is 1. The predicted molar refractivity (Wildman–Crippen MR) is 67.7 cm³/mol. The van der Waals surface area contributed by atoms with Crippen LogP contribution in [0.2, 0.25) is 0 Å². The fraction of sp³-hybridized carbons (Fsp3) is 0.643. The van der Waals surface area contributed by atoms with E-state index < -0.39 is 0 Å². The second kappa shape index (κ2) is 4.96. The first kappa shape index (κ1) is 11.6. The van der Waals surface area contributed by atoms with Crippen LogP contribution in [0, 0.1) is 6.92 Å². The Balaban J connectivity index is 2.06.